The van der Waals surface area contributed by atoms with Crippen LogP contribution in [0.25, 0.3) is 0 Å². The molecule has 0 unspecified atom stereocenters. The number of hydrogen-bond donors (Lipinski definition) is 1. The van der Waals surface area contributed by atoms with Crippen molar-refractivity contribution in [2.45, 2.75) is 17.0 Å². The van der Waals surface area contributed by atoms with Crippen LogP contribution >= 0.6 is 11.8 Å². The number of rotatable bonds is 5. The smallest absolute Gasteiger partial charge is 0.323 e. The summed E-state index contributed by atoms with van der Waals surface area (Å²) in [5.74, 6) is 0.350. The molecule has 20 heavy (non-hydrogen) atoms. The van der Waals surface area contributed by atoms with Gasteiger partial charge in [0.1, 0.15) is 11.1 Å². The summed E-state index contributed by atoms with van der Waals surface area (Å²) in [7, 11) is 3.20. The van der Waals surface area contributed by atoms with Crippen LogP contribution in [0.4, 0.5) is 0 Å². The monoisotopic (exact) mass is 292 g/mol. The van der Waals surface area contributed by atoms with E-state index in [-0.39, 0.29) is 5.97 Å². The Morgan fingerprint density at radius 2 is 2.10 bits per heavy atom. The summed E-state index contributed by atoms with van der Waals surface area (Å²) in [6.07, 6.45) is 0. The van der Waals surface area contributed by atoms with Gasteiger partial charge in [-0.3, -0.25) is 4.79 Å². The Balaban J connectivity index is 2.29. The van der Waals surface area contributed by atoms with E-state index in [9.17, 15) is 4.79 Å². The molecule has 0 bridgehead atoms. The molecule has 0 saturated carbocycles. The lowest BCUT2D eigenvalue weighted by atomic mass is 10.1. The second-order valence-corrected chi connectivity index (χ2v) is 5.17. The fourth-order valence-electron chi connectivity index (χ4n) is 1.72. The average Bonchev–Trinajstić information content (AvgIpc) is 2.85. The number of hydrogen-bond acceptors (Lipinski definition) is 6. The van der Waals surface area contributed by atoms with Crippen LogP contribution < -0.4 is 5.73 Å². The van der Waals surface area contributed by atoms with E-state index < -0.39 is 5.25 Å². The zero-order valence-corrected chi connectivity index (χ0v) is 12.1. The van der Waals surface area contributed by atoms with Crippen molar-refractivity contribution >= 4 is 17.7 Å². The fourth-order valence-corrected chi connectivity index (χ4v) is 2.77. The highest BCUT2D eigenvalue weighted by Gasteiger charge is 2.25. The van der Waals surface area contributed by atoms with Gasteiger partial charge >= 0.3 is 5.97 Å². The zero-order chi connectivity index (χ0) is 14.5. The van der Waals surface area contributed by atoms with Gasteiger partial charge in [-0.05, 0) is 5.56 Å². The molecule has 2 aromatic rings. The number of carbonyl (C=O) groups is 1. The highest BCUT2D eigenvalue weighted by atomic mass is 32.2. The Kier molecular flexibility index (Phi) is 4.75. The third-order valence-electron chi connectivity index (χ3n) is 2.85. The third kappa shape index (κ3) is 3.00. The van der Waals surface area contributed by atoms with Gasteiger partial charge in [0.05, 0.1) is 13.7 Å². The summed E-state index contributed by atoms with van der Waals surface area (Å²) in [5, 5.41) is 8.19. The summed E-state index contributed by atoms with van der Waals surface area (Å²) in [5.41, 5.74) is 6.43. The van der Waals surface area contributed by atoms with Crippen molar-refractivity contribution < 1.29 is 9.53 Å². The van der Waals surface area contributed by atoms with E-state index in [1.54, 1.807) is 4.57 Å². The molecular weight excluding hydrogens is 276 g/mol. The van der Waals surface area contributed by atoms with E-state index in [0.717, 1.165) is 5.56 Å². The quantitative estimate of drug-likeness (QED) is 0.660. The molecule has 7 heteroatoms. The van der Waals surface area contributed by atoms with Crippen molar-refractivity contribution in [1.29, 1.82) is 0 Å². The van der Waals surface area contributed by atoms with Gasteiger partial charge in [-0.15, -0.1) is 10.2 Å². The molecule has 6 nitrogen and oxygen atoms in total. The van der Waals surface area contributed by atoms with Gasteiger partial charge in [0.25, 0.3) is 0 Å². The molecule has 1 aromatic heterocycles. The number of carbonyl (C=O) groups excluding carboxylic acids is 1. The Bertz CT molecular complexity index is 585. The summed E-state index contributed by atoms with van der Waals surface area (Å²) < 4.78 is 6.65. The number of nitrogens with two attached hydrogens (primary N) is 1. The third-order valence-corrected chi connectivity index (χ3v) is 4.12. The molecule has 1 heterocycles. The summed E-state index contributed by atoms with van der Waals surface area (Å²) in [4.78, 5) is 12.0. The number of methoxy groups -OCH3 is 1. The summed E-state index contributed by atoms with van der Waals surface area (Å²) >= 11 is 1.30. The van der Waals surface area contributed by atoms with Crippen molar-refractivity contribution in [3.05, 3.63) is 41.7 Å². The van der Waals surface area contributed by atoms with Gasteiger partial charge in [-0.2, -0.15) is 0 Å². The highest BCUT2D eigenvalue weighted by molar-refractivity contribution is 8.00. The first kappa shape index (κ1) is 14.5. The van der Waals surface area contributed by atoms with Crippen LogP contribution in [0, 0.1) is 0 Å². The van der Waals surface area contributed by atoms with Crippen LogP contribution in [0.3, 0.4) is 0 Å². The Hall–Kier alpha value is -1.86. The number of esters is 1. The number of nitrogens with zero attached hydrogens (tertiary/aromatic N) is 3. The van der Waals surface area contributed by atoms with E-state index in [2.05, 4.69) is 10.2 Å². The maximum atomic E-state index is 12.0. The molecule has 106 valence electrons. The standard InChI is InChI=1S/C13H16N4O2S/c1-17-10(8-14)15-16-13(17)20-11(12(18)19-2)9-6-4-3-5-7-9/h3-7,11H,8,14H2,1-2H3/t11-/m1/s1. The maximum Gasteiger partial charge on any atom is 0.323 e. The minimum absolute atomic E-state index is 0.304. The topological polar surface area (TPSA) is 83.0 Å². The van der Waals surface area contributed by atoms with Gasteiger partial charge in [-0.25, -0.2) is 0 Å². The largest absolute Gasteiger partial charge is 0.468 e. The molecule has 1 aromatic carbocycles. The fraction of sp³-hybridized carbons (Fsp3) is 0.308. The minimum Gasteiger partial charge on any atom is -0.468 e. The van der Waals surface area contributed by atoms with E-state index in [0.29, 0.717) is 17.5 Å². The normalized spacial score (nSPS) is 12.2. The molecule has 0 aliphatic rings. The van der Waals surface area contributed by atoms with Crippen LogP contribution in [-0.4, -0.2) is 27.8 Å². The summed E-state index contributed by atoms with van der Waals surface area (Å²) in [6, 6.07) is 9.43. The van der Waals surface area contributed by atoms with E-state index in [1.807, 2.05) is 37.4 Å². The lowest BCUT2D eigenvalue weighted by Gasteiger charge is -2.14. The summed E-state index contributed by atoms with van der Waals surface area (Å²) in [6.45, 7) is 0.304. The number of ether oxygens (including phenoxy) is 1. The predicted molar refractivity (Wildman–Crippen MR) is 76.0 cm³/mol. The first-order valence-electron chi connectivity index (χ1n) is 6.05. The van der Waals surface area contributed by atoms with Gasteiger partial charge in [0.2, 0.25) is 0 Å². The second-order valence-electron chi connectivity index (χ2n) is 4.09. The van der Waals surface area contributed by atoms with Crippen molar-refractivity contribution in [2.75, 3.05) is 7.11 Å². The van der Waals surface area contributed by atoms with E-state index >= 15 is 0 Å². The highest BCUT2D eigenvalue weighted by Crippen LogP contribution is 2.35. The predicted octanol–water partition coefficient (Wildman–Crippen LogP) is 1.28. The van der Waals surface area contributed by atoms with Crippen LogP contribution in [0.1, 0.15) is 16.6 Å². The zero-order valence-electron chi connectivity index (χ0n) is 11.3. The van der Waals surface area contributed by atoms with Crippen molar-refractivity contribution in [3.63, 3.8) is 0 Å². The van der Waals surface area contributed by atoms with Crippen LogP contribution in [0.5, 0.6) is 0 Å². The Labute approximate surface area is 121 Å². The molecular formula is C13H16N4O2S. The van der Waals surface area contributed by atoms with Gasteiger partial charge in [-0.1, -0.05) is 42.1 Å². The van der Waals surface area contributed by atoms with E-state index in [4.69, 9.17) is 10.5 Å². The van der Waals surface area contributed by atoms with Crippen molar-refractivity contribution in [2.24, 2.45) is 12.8 Å². The molecule has 1 atom stereocenters. The van der Waals surface area contributed by atoms with Crippen LogP contribution in [-0.2, 0) is 23.1 Å². The van der Waals surface area contributed by atoms with Gasteiger partial charge in [0, 0.05) is 7.05 Å². The average molecular weight is 292 g/mol. The molecule has 0 radical (unpaired) electrons. The lowest BCUT2D eigenvalue weighted by Crippen LogP contribution is -2.12. The van der Waals surface area contributed by atoms with E-state index in [1.165, 1.54) is 18.9 Å². The number of aromatic nitrogens is 3. The maximum absolute atomic E-state index is 12.0. The first-order valence-corrected chi connectivity index (χ1v) is 6.93. The van der Waals surface area contributed by atoms with Crippen molar-refractivity contribution in [1.82, 2.24) is 14.8 Å². The number of benzene rings is 1. The lowest BCUT2D eigenvalue weighted by molar-refractivity contribution is -0.140. The van der Waals surface area contributed by atoms with Gasteiger partial charge < -0.3 is 15.0 Å². The molecule has 0 amide bonds. The Morgan fingerprint density at radius 1 is 1.40 bits per heavy atom. The molecule has 0 saturated heterocycles. The van der Waals surface area contributed by atoms with Gasteiger partial charge in [0.15, 0.2) is 5.16 Å². The molecule has 0 aliphatic carbocycles. The van der Waals surface area contributed by atoms with Crippen molar-refractivity contribution in [3.8, 4) is 0 Å². The van der Waals surface area contributed by atoms with Crippen LogP contribution in [0.2, 0.25) is 0 Å². The molecule has 2 rings (SSSR count). The molecule has 0 fully saturated rings. The minimum atomic E-state index is -0.477. The second kappa shape index (κ2) is 6.53. The number of thioether (sulfide) groups is 1. The van der Waals surface area contributed by atoms with Crippen LogP contribution in [0.15, 0.2) is 35.5 Å². The molecule has 2 N–H and O–H groups in total. The Morgan fingerprint density at radius 3 is 2.65 bits per heavy atom. The molecule has 0 aliphatic heterocycles. The molecule has 0 spiro atoms. The SMILES string of the molecule is COC(=O)[C@H](Sc1nnc(CN)n1C)c1ccccc1. The first-order chi connectivity index (χ1) is 9.67.